The van der Waals surface area contributed by atoms with E-state index < -0.39 is 12.0 Å². The van der Waals surface area contributed by atoms with Gasteiger partial charge in [-0.1, -0.05) is 0 Å². The number of rotatable bonds is 1. The summed E-state index contributed by atoms with van der Waals surface area (Å²) in [6.45, 7) is 1.42. The van der Waals surface area contributed by atoms with E-state index in [-0.39, 0.29) is 0 Å². The molecule has 4 nitrogen and oxygen atoms in total. The molecule has 0 unspecified atom stereocenters. The Balaban J connectivity index is 0. The number of nitrogens with zero attached hydrogens (tertiary/aromatic N) is 1. The zero-order chi connectivity index (χ0) is 9.65. The SMILES string of the molecule is C[C@H](N)C(=O)O.C[N+](C)(C)C. The maximum atomic E-state index is 9.57. The molecule has 0 aromatic carbocycles. The summed E-state index contributed by atoms with van der Waals surface area (Å²) < 4.78 is 1.00. The number of nitrogens with two attached hydrogens (primary N) is 1. The lowest BCUT2D eigenvalue weighted by Crippen LogP contribution is -2.27. The number of carboxylic acid groups (broad SMARTS) is 1. The van der Waals surface area contributed by atoms with Gasteiger partial charge in [0, 0.05) is 0 Å². The second-order valence-corrected chi connectivity index (χ2v) is 3.81. The monoisotopic (exact) mass is 163 g/mol. The lowest BCUT2D eigenvalue weighted by Gasteiger charge is -2.14. The molecular formula is C7H19N2O2+. The second kappa shape index (κ2) is 5.09. The zero-order valence-electron chi connectivity index (χ0n) is 7.96. The van der Waals surface area contributed by atoms with Gasteiger partial charge in [0.1, 0.15) is 6.04 Å². The molecule has 3 N–H and O–H groups in total. The van der Waals surface area contributed by atoms with Crippen LogP contribution in [-0.4, -0.2) is 49.8 Å². The average Bonchev–Trinajstić information content (AvgIpc) is 1.59. The van der Waals surface area contributed by atoms with E-state index in [1.165, 1.54) is 6.92 Å². The van der Waals surface area contributed by atoms with Gasteiger partial charge in [0.05, 0.1) is 28.2 Å². The second-order valence-electron chi connectivity index (χ2n) is 3.81. The van der Waals surface area contributed by atoms with Gasteiger partial charge in [-0.05, 0) is 6.92 Å². The van der Waals surface area contributed by atoms with E-state index in [4.69, 9.17) is 10.8 Å². The van der Waals surface area contributed by atoms with Crippen molar-refractivity contribution in [2.24, 2.45) is 5.73 Å². The summed E-state index contributed by atoms with van der Waals surface area (Å²) in [6, 6.07) is -0.731. The summed E-state index contributed by atoms with van der Waals surface area (Å²) in [5.41, 5.74) is 4.84. The number of hydrogen-bond acceptors (Lipinski definition) is 2. The Kier molecular flexibility index (Phi) is 6.03. The van der Waals surface area contributed by atoms with Crippen LogP contribution in [0, 0.1) is 0 Å². The van der Waals surface area contributed by atoms with Crippen LogP contribution in [-0.2, 0) is 4.79 Å². The molecule has 0 rings (SSSR count). The van der Waals surface area contributed by atoms with Gasteiger partial charge in [0.25, 0.3) is 0 Å². The molecule has 0 aromatic rings. The molecular weight excluding hydrogens is 144 g/mol. The van der Waals surface area contributed by atoms with Crippen molar-refractivity contribution in [2.75, 3.05) is 28.2 Å². The van der Waals surface area contributed by atoms with Gasteiger partial charge in [0.2, 0.25) is 0 Å². The van der Waals surface area contributed by atoms with Crippen molar-refractivity contribution in [1.82, 2.24) is 0 Å². The minimum Gasteiger partial charge on any atom is -0.480 e. The Bertz CT molecular complexity index is 110. The highest BCUT2D eigenvalue weighted by Crippen LogP contribution is 1.73. The van der Waals surface area contributed by atoms with Crippen LogP contribution in [0.3, 0.4) is 0 Å². The topological polar surface area (TPSA) is 63.3 Å². The third-order valence-electron chi connectivity index (χ3n) is 0.390. The van der Waals surface area contributed by atoms with E-state index in [2.05, 4.69) is 28.2 Å². The van der Waals surface area contributed by atoms with Crippen LogP contribution in [0.4, 0.5) is 0 Å². The van der Waals surface area contributed by atoms with E-state index in [0.717, 1.165) is 4.48 Å². The highest BCUT2D eigenvalue weighted by Gasteiger charge is 1.99. The first-order chi connectivity index (χ1) is 4.64. The van der Waals surface area contributed by atoms with E-state index in [0.29, 0.717) is 0 Å². The summed E-state index contributed by atoms with van der Waals surface area (Å²) in [4.78, 5) is 9.57. The van der Waals surface area contributed by atoms with Crippen molar-refractivity contribution >= 4 is 5.97 Å². The summed E-state index contributed by atoms with van der Waals surface area (Å²) in [5, 5.41) is 7.87. The molecule has 0 fully saturated rings. The van der Waals surface area contributed by atoms with Gasteiger partial charge < -0.3 is 15.3 Å². The fourth-order valence-corrected chi connectivity index (χ4v) is 0. The van der Waals surface area contributed by atoms with Crippen LogP contribution in [0.1, 0.15) is 6.92 Å². The van der Waals surface area contributed by atoms with Crippen molar-refractivity contribution in [3.63, 3.8) is 0 Å². The first kappa shape index (κ1) is 13.0. The average molecular weight is 163 g/mol. The molecule has 0 amide bonds. The fourth-order valence-electron chi connectivity index (χ4n) is 0. The Morgan fingerprint density at radius 3 is 1.45 bits per heavy atom. The molecule has 0 spiro atoms. The normalized spacial score (nSPS) is 12.9. The van der Waals surface area contributed by atoms with Crippen molar-refractivity contribution in [3.05, 3.63) is 0 Å². The standard InChI is InChI=1S/C4H12N.C3H7NO2/c1-5(2,3)4;1-2(4)3(5)6/h1-4H3;2H,4H2,1H3,(H,5,6)/q+1;/t;2-/m.0/s1. The zero-order valence-corrected chi connectivity index (χ0v) is 7.96. The maximum Gasteiger partial charge on any atom is 0.320 e. The molecule has 0 aliphatic heterocycles. The van der Waals surface area contributed by atoms with Gasteiger partial charge in [-0.25, -0.2) is 0 Å². The quantitative estimate of drug-likeness (QED) is 0.523. The number of aliphatic carboxylic acids is 1. The van der Waals surface area contributed by atoms with Crippen molar-refractivity contribution < 1.29 is 14.4 Å². The number of quaternary nitrogens is 1. The third kappa shape index (κ3) is 44.6. The third-order valence-corrected chi connectivity index (χ3v) is 0.390. The highest BCUT2D eigenvalue weighted by molar-refractivity contribution is 5.72. The summed E-state index contributed by atoms with van der Waals surface area (Å²) in [5.74, 6) is -0.963. The lowest BCUT2D eigenvalue weighted by molar-refractivity contribution is -0.849. The van der Waals surface area contributed by atoms with Crippen molar-refractivity contribution in [1.29, 1.82) is 0 Å². The molecule has 0 aliphatic rings. The van der Waals surface area contributed by atoms with E-state index in [1.54, 1.807) is 0 Å². The van der Waals surface area contributed by atoms with Crippen molar-refractivity contribution in [3.8, 4) is 0 Å². The molecule has 4 heteroatoms. The molecule has 0 heterocycles. The largest absolute Gasteiger partial charge is 0.480 e. The first-order valence-electron chi connectivity index (χ1n) is 3.42. The molecule has 0 radical (unpaired) electrons. The van der Waals surface area contributed by atoms with Gasteiger partial charge in [-0.15, -0.1) is 0 Å². The fraction of sp³-hybridized carbons (Fsp3) is 0.857. The number of carboxylic acids is 1. The Hall–Kier alpha value is -0.610. The molecule has 0 aliphatic carbocycles. The van der Waals surface area contributed by atoms with Crippen LogP contribution in [0.5, 0.6) is 0 Å². The highest BCUT2D eigenvalue weighted by atomic mass is 16.4. The molecule has 1 atom stereocenters. The number of hydrogen-bond donors (Lipinski definition) is 2. The summed E-state index contributed by atoms with van der Waals surface area (Å²) in [7, 11) is 8.50. The maximum absolute atomic E-state index is 9.57. The van der Waals surface area contributed by atoms with Crippen LogP contribution in [0.2, 0.25) is 0 Å². The number of carbonyl (C=O) groups is 1. The molecule has 0 saturated carbocycles. The minimum absolute atomic E-state index is 0.731. The molecule has 0 saturated heterocycles. The van der Waals surface area contributed by atoms with Gasteiger partial charge >= 0.3 is 5.97 Å². The van der Waals surface area contributed by atoms with Crippen LogP contribution in [0.15, 0.2) is 0 Å². The van der Waals surface area contributed by atoms with Crippen LogP contribution < -0.4 is 5.73 Å². The predicted molar refractivity (Wildman–Crippen MR) is 45.2 cm³/mol. The molecule has 68 valence electrons. The van der Waals surface area contributed by atoms with E-state index in [9.17, 15) is 4.79 Å². The van der Waals surface area contributed by atoms with Gasteiger partial charge in [-0.2, -0.15) is 0 Å². The van der Waals surface area contributed by atoms with Gasteiger partial charge in [0.15, 0.2) is 0 Å². The molecule has 0 aromatic heterocycles. The summed E-state index contributed by atoms with van der Waals surface area (Å²) >= 11 is 0. The van der Waals surface area contributed by atoms with Crippen LogP contribution >= 0.6 is 0 Å². The first-order valence-corrected chi connectivity index (χ1v) is 3.42. The summed E-state index contributed by atoms with van der Waals surface area (Å²) in [6.07, 6.45) is 0. The van der Waals surface area contributed by atoms with Gasteiger partial charge in [-0.3, -0.25) is 4.79 Å². The Morgan fingerprint density at radius 1 is 1.36 bits per heavy atom. The Morgan fingerprint density at radius 2 is 1.45 bits per heavy atom. The Labute approximate surface area is 68.2 Å². The van der Waals surface area contributed by atoms with Crippen LogP contribution in [0.25, 0.3) is 0 Å². The molecule has 0 bridgehead atoms. The van der Waals surface area contributed by atoms with E-state index >= 15 is 0 Å². The predicted octanol–water partition coefficient (Wildman–Crippen LogP) is -0.259. The van der Waals surface area contributed by atoms with E-state index in [1.807, 2.05) is 0 Å². The molecule has 11 heavy (non-hydrogen) atoms. The lowest BCUT2D eigenvalue weighted by atomic mass is 10.4. The van der Waals surface area contributed by atoms with Crippen molar-refractivity contribution in [2.45, 2.75) is 13.0 Å². The minimum atomic E-state index is -0.963. The smallest absolute Gasteiger partial charge is 0.320 e.